The van der Waals surface area contributed by atoms with E-state index < -0.39 is 0 Å². The van der Waals surface area contributed by atoms with Crippen molar-refractivity contribution in [1.82, 2.24) is 9.55 Å². The van der Waals surface area contributed by atoms with Crippen LogP contribution in [0.2, 0.25) is 0 Å². The topological polar surface area (TPSA) is 41.3 Å². The van der Waals surface area contributed by atoms with Gasteiger partial charge >= 0.3 is 0 Å². The van der Waals surface area contributed by atoms with Gasteiger partial charge < -0.3 is 14.6 Å². The Morgan fingerprint density at radius 2 is 2.36 bits per heavy atom. The lowest BCUT2D eigenvalue weighted by Gasteiger charge is -2.16. The number of aryl methyl sites for hydroxylation is 1. The van der Waals surface area contributed by atoms with Crippen LogP contribution in [0.25, 0.3) is 0 Å². The summed E-state index contributed by atoms with van der Waals surface area (Å²) in [6.07, 6.45) is 4.56. The second kappa shape index (κ2) is 3.61. The van der Waals surface area contributed by atoms with Gasteiger partial charge in [-0.3, -0.25) is 0 Å². The Hall–Kier alpha value is -1.03. The molecule has 0 saturated carbocycles. The summed E-state index contributed by atoms with van der Waals surface area (Å²) in [6.45, 7) is 3.75. The SMILES string of the molecule is CCC1CN(c2nccn2C)CC1O. The van der Waals surface area contributed by atoms with Gasteiger partial charge in [0.05, 0.1) is 6.10 Å². The van der Waals surface area contributed by atoms with E-state index in [2.05, 4.69) is 16.8 Å². The van der Waals surface area contributed by atoms with Crippen molar-refractivity contribution in [3.63, 3.8) is 0 Å². The molecule has 2 atom stereocenters. The number of imidazole rings is 1. The summed E-state index contributed by atoms with van der Waals surface area (Å²) in [6, 6.07) is 0. The van der Waals surface area contributed by atoms with Crippen molar-refractivity contribution in [1.29, 1.82) is 0 Å². The molecule has 1 N–H and O–H groups in total. The second-order valence-electron chi connectivity index (χ2n) is 3.98. The molecule has 0 radical (unpaired) electrons. The zero-order chi connectivity index (χ0) is 10.1. The Labute approximate surface area is 84.2 Å². The van der Waals surface area contributed by atoms with Crippen LogP contribution in [0.3, 0.4) is 0 Å². The summed E-state index contributed by atoms with van der Waals surface area (Å²) < 4.78 is 1.99. The summed E-state index contributed by atoms with van der Waals surface area (Å²) in [5.74, 6) is 1.35. The Bertz CT molecular complexity index is 310. The van der Waals surface area contributed by atoms with Gasteiger partial charge in [-0.05, 0) is 6.42 Å². The van der Waals surface area contributed by atoms with Gasteiger partial charge in [-0.1, -0.05) is 6.92 Å². The number of rotatable bonds is 2. The molecule has 78 valence electrons. The molecule has 0 spiro atoms. The lowest BCUT2D eigenvalue weighted by atomic mass is 10.0. The third-order valence-electron chi connectivity index (χ3n) is 3.01. The molecule has 1 fully saturated rings. The van der Waals surface area contributed by atoms with E-state index in [4.69, 9.17) is 0 Å². The molecule has 4 heteroatoms. The lowest BCUT2D eigenvalue weighted by Crippen LogP contribution is -2.23. The molecular formula is C10H17N3O. The molecule has 4 nitrogen and oxygen atoms in total. The largest absolute Gasteiger partial charge is 0.391 e. The van der Waals surface area contributed by atoms with Gasteiger partial charge in [-0.25, -0.2) is 4.98 Å². The quantitative estimate of drug-likeness (QED) is 0.752. The average Bonchev–Trinajstić information content (AvgIpc) is 2.71. The lowest BCUT2D eigenvalue weighted by molar-refractivity contribution is 0.146. The van der Waals surface area contributed by atoms with Crippen molar-refractivity contribution in [3.05, 3.63) is 12.4 Å². The summed E-state index contributed by atoms with van der Waals surface area (Å²) in [5, 5.41) is 9.77. The van der Waals surface area contributed by atoms with E-state index in [9.17, 15) is 5.11 Å². The zero-order valence-corrected chi connectivity index (χ0v) is 8.72. The van der Waals surface area contributed by atoms with Crippen LogP contribution in [0.5, 0.6) is 0 Å². The molecule has 1 saturated heterocycles. The number of aromatic nitrogens is 2. The van der Waals surface area contributed by atoms with Crippen molar-refractivity contribution in [2.24, 2.45) is 13.0 Å². The zero-order valence-electron chi connectivity index (χ0n) is 8.72. The minimum atomic E-state index is -0.198. The summed E-state index contributed by atoms with van der Waals surface area (Å²) in [5.41, 5.74) is 0. The maximum absolute atomic E-state index is 9.77. The molecular weight excluding hydrogens is 178 g/mol. The molecule has 2 rings (SSSR count). The molecule has 0 amide bonds. The highest BCUT2D eigenvalue weighted by Crippen LogP contribution is 2.24. The van der Waals surface area contributed by atoms with Crippen LogP contribution in [0, 0.1) is 5.92 Å². The number of anilines is 1. The molecule has 1 aliphatic rings. The van der Waals surface area contributed by atoms with Gasteiger partial charge in [0.2, 0.25) is 5.95 Å². The first-order valence-electron chi connectivity index (χ1n) is 5.12. The van der Waals surface area contributed by atoms with Gasteiger partial charge in [0.25, 0.3) is 0 Å². The van der Waals surface area contributed by atoms with Crippen LogP contribution in [0.4, 0.5) is 5.95 Å². The highest BCUT2D eigenvalue weighted by molar-refractivity contribution is 5.33. The Morgan fingerprint density at radius 1 is 1.57 bits per heavy atom. The molecule has 2 heterocycles. The normalized spacial score (nSPS) is 27.2. The van der Waals surface area contributed by atoms with E-state index in [0.717, 1.165) is 18.9 Å². The van der Waals surface area contributed by atoms with Crippen LogP contribution < -0.4 is 4.90 Å². The highest BCUT2D eigenvalue weighted by Gasteiger charge is 2.31. The van der Waals surface area contributed by atoms with Gasteiger partial charge in [0.15, 0.2) is 0 Å². The summed E-state index contributed by atoms with van der Waals surface area (Å²) in [7, 11) is 1.98. The number of hydrogen-bond acceptors (Lipinski definition) is 3. The molecule has 2 unspecified atom stereocenters. The smallest absolute Gasteiger partial charge is 0.205 e. The first-order valence-corrected chi connectivity index (χ1v) is 5.12. The first-order chi connectivity index (χ1) is 6.72. The number of hydrogen-bond donors (Lipinski definition) is 1. The fourth-order valence-corrected chi connectivity index (χ4v) is 2.08. The summed E-state index contributed by atoms with van der Waals surface area (Å²) in [4.78, 5) is 6.43. The Kier molecular flexibility index (Phi) is 2.46. The number of aliphatic hydroxyl groups excluding tert-OH is 1. The van der Waals surface area contributed by atoms with E-state index in [-0.39, 0.29) is 6.10 Å². The molecule has 1 aliphatic heterocycles. The monoisotopic (exact) mass is 195 g/mol. The predicted molar refractivity (Wildman–Crippen MR) is 55.2 cm³/mol. The molecule has 0 aromatic carbocycles. The van der Waals surface area contributed by atoms with Crippen molar-refractivity contribution < 1.29 is 5.11 Å². The molecule has 0 aliphatic carbocycles. The predicted octanol–water partition coefficient (Wildman–Crippen LogP) is 0.627. The van der Waals surface area contributed by atoms with Crippen LogP contribution in [-0.2, 0) is 7.05 Å². The molecule has 0 bridgehead atoms. The fourth-order valence-electron chi connectivity index (χ4n) is 2.08. The van der Waals surface area contributed by atoms with E-state index >= 15 is 0 Å². The maximum Gasteiger partial charge on any atom is 0.205 e. The van der Waals surface area contributed by atoms with Crippen molar-refractivity contribution >= 4 is 5.95 Å². The average molecular weight is 195 g/mol. The molecule has 1 aromatic heterocycles. The van der Waals surface area contributed by atoms with Gasteiger partial charge in [-0.15, -0.1) is 0 Å². The second-order valence-corrected chi connectivity index (χ2v) is 3.98. The third kappa shape index (κ3) is 1.50. The van der Waals surface area contributed by atoms with E-state index in [1.807, 2.05) is 17.8 Å². The number of nitrogens with zero attached hydrogens (tertiary/aromatic N) is 3. The van der Waals surface area contributed by atoms with Gasteiger partial charge in [-0.2, -0.15) is 0 Å². The third-order valence-corrected chi connectivity index (χ3v) is 3.01. The van der Waals surface area contributed by atoms with Gasteiger partial charge in [0.1, 0.15) is 0 Å². The van der Waals surface area contributed by atoms with Crippen molar-refractivity contribution in [3.8, 4) is 0 Å². The minimum absolute atomic E-state index is 0.198. The van der Waals surface area contributed by atoms with Crippen LogP contribution in [0.1, 0.15) is 13.3 Å². The number of aliphatic hydroxyl groups is 1. The van der Waals surface area contributed by atoms with E-state index in [1.165, 1.54) is 0 Å². The first kappa shape index (κ1) is 9.52. The minimum Gasteiger partial charge on any atom is -0.391 e. The van der Waals surface area contributed by atoms with E-state index in [0.29, 0.717) is 12.5 Å². The Balaban J connectivity index is 2.12. The van der Waals surface area contributed by atoms with Crippen LogP contribution in [0.15, 0.2) is 12.4 Å². The van der Waals surface area contributed by atoms with Crippen molar-refractivity contribution in [2.45, 2.75) is 19.4 Å². The highest BCUT2D eigenvalue weighted by atomic mass is 16.3. The van der Waals surface area contributed by atoms with Crippen molar-refractivity contribution in [2.75, 3.05) is 18.0 Å². The molecule has 14 heavy (non-hydrogen) atoms. The van der Waals surface area contributed by atoms with Crippen LogP contribution >= 0.6 is 0 Å². The molecule has 1 aromatic rings. The Morgan fingerprint density at radius 3 is 2.86 bits per heavy atom. The van der Waals surface area contributed by atoms with Crippen LogP contribution in [-0.4, -0.2) is 33.9 Å². The van der Waals surface area contributed by atoms with Gasteiger partial charge in [0, 0.05) is 38.4 Å². The summed E-state index contributed by atoms with van der Waals surface area (Å²) >= 11 is 0. The fraction of sp³-hybridized carbons (Fsp3) is 0.700. The standard InChI is InChI=1S/C10H17N3O/c1-3-8-6-13(7-9(8)14)10-11-4-5-12(10)2/h4-5,8-9,14H,3,6-7H2,1-2H3. The number of β-amino-alcohol motifs (C(OH)–C–C–N with tert-alkyl or cyclic N) is 1. The van der Waals surface area contributed by atoms with E-state index in [1.54, 1.807) is 6.20 Å². The maximum atomic E-state index is 9.77.